The number of carbonyl (C=O) groups is 1. The number of benzene rings is 3. The highest BCUT2D eigenvalue weighted by atomic mass is 35.5. The van der Waals surface area contributed by atoms with Gasteiger partial charge in [0.05, 0.1) is 5.69 Å². The van der Waals surface area contributed by atoms with Gasteiger partial charge in [-0.05, 0) is 54.1 Å². The second-order valence-electron chi connectivity index (χ2n) is 5.43. The van der Waals surface area contributed by atoms with Crippen LogP contribution < -0.4 is 10.1 Å². The Morgan fingerprint density at radius 1 is 0.885 bits per heavy atom. The number of para-hydroxylation sites is 1. The Morgan fingerprint density at radius 2 is 1.58 bits per heavy atom. The molecule has 3 nitrogen and oxygen atoms in total. The fraction of sp³-hybridized carbons (Fsp3) is 0. The van der Waals surface area contributed by atoms with Crippen LogP contribution in [0.25, 0.3) is 6.08 Å². The maximum absolute atomic E-state index is 12.2. The van der Waals surface area contributed by atoms with Crippen molar-refractivity contribution in [1.29, 1.82) is 0 Å². The Bertz CT molecular complexity index is 923. The lowest BCUT2D eigenvalue weighted by molar-refractivity contribution is -0.111. The van der Waals surface area contributed by atoms with Gasteiger partial charge in [0.25, 0.3) is 0 Å². The number of hydrogen-bond acceptors (Lipinski definition) is 2. The van der Waals surface area contributed by atoms with Crippen molar-refractivity contribution in [2.24, 2.45) is 0 Å². The summed E-state index contributed by atoms with van der Waals surface area (Å²) in [6.07, 6.45) is 3.14. The van der Waals surface area contributed by atoms with E-state index in [4.69, 9.17) is 27.9 Å². The molecule has 3 aromatic carbocycles. The van der Waals surface area contributed by atoms with Crippen LogP contribution in [-0.2, 0) is 4.79 Å². The van der Waals surface area contributed by atoms with Gasteiger partial charge in [0.1, 0.15) is 5.75 Å². The zero-order chi connectivity index (χ0) is 18.4. The molecule has 0 aliphatic carbocycles. The zero-order valence-corrected chi connectivity index (χ0v) is 15.2. The lowest BCUT2D eigenvalue weighted by atomic mass is 10.2. The van der Waals surface area contributed by atoms with Crippen LogP contribution in [0.15, 0.2) is 78.9 Å². The summed E-state index contributed by atoms with van der Waals surface area (Å²) in [7, 11) is 0. The summed E-state index contributed by atoms with van der Waals surface area (Å²) in [6.45, 7) is 0. The molecule has 0 radical (unpaired) electrons. The molecule has 0 aromatic heterocycles. The van der Waals surface area contributed by atoms with E-state index in [9.17, 15) is 4.79 Å². The summed E-state index contributed by atoms with van der Waals surface area (Å²) in [5.41, 5.74) is 1.36. The van der Waals surface area contributed by atoms with Gasteiger partial charge in [-0.25, -0.2) is 0 Å². The number of ether oxygens (including phenoxy) is 1. The zero-order valence-electron chi connectivity index (χ0n) is 13.7. The quantitative estimate of drug-likeness (QED) is 0.514. The number of anilines is 1. The molecule has 0 bridgehead atoms. The fourth-order valence-corrected chi connectivity index (χ4v) is 2.52. The van der Waals surface area contributed by atoms with Crippen LogP contribution in [0.3, 0.4) is 0 Å². The lowest BCUT2D eigenvalue weighted by Crippen LogP contribution is -2.08. The van der Waals surface area contributed by atoms with Gasteiger partial charge in [0.2, 0.25) is 5.91 Å². The van der Waals surface area contributed by atoms with E-state index in [1.807, 2.05) is 42.5 Å². The minimum absolute atomic E-state index is 0.292. The van der Waals surface area contributed by atoms with Gasteiger partial charge in [-0.15, -0.1) is 0 Å². The summed E-state index contributed by atoms with van der Waals surface area (Å²) in [5.74, 6) is 0.885. The first-order chi connectivity index (χ1) is 12.6. The van der Waals surface area contributed by atoms with Crippen molar-refractivity contribution in [3.8, 4) is 11.5 Å². The number of halogens is 2. The van der Waals surface area contributed by atoms with Crippen molar-refractivity contribution in [1.82, 2.24) is 0 Å². The smallest absolute Gasteiger partial charge is 0.248 e. The predicted molar refractivity (Wildman–Crippen MR) is 107 cm³/mol. The molecule has 0 atom stereocenters. The Morgan fingerprint density at radius 3 is 2.31 bits per heavy atom. The Balaban J connectivity index is 1.74. The SMILES string of the molecule is O=C(/C=C/c1ccc(Cl)cc1)Nc1cc(Cl)ccc1Oc1ccccc1. The Kier molecular flexibility index (Phi) is 5.95. The van der Waals surface area contributed by atoms with Gasteiger partial charge in [-0.3, -0.25) is 4.79 Å². The topological polar surface area (TPSA) is 38.3 Å². The van der Waals surface area contributed by atoms with Crippen molar-refractivity contribution in [3.05, 3.63) is 94.5 Å². The maximum Gasteiger partial charge on any atom is 0.248 e. The average molecular weight is 384 g/mol. The van der Waals surface area contributed by atoms with Crippen molar-refractivity contribution in [3.63, 3.8) is 0 Å². The summed E-state index contributed by atoms with van der Waals surface area (Å²) in [6, 6.07) is 21.6. The lowest BCUT2D eigenvalue weighted by Gasteiger charge is -2.12. The third-order valence-corrected chi connectivity index (χ3v) is 3.95. The molecule has 0 aliphatic rings. The van der Waals surface area contributed by atoms with Gasteiger partial charge >= 0.3 is 0 Å². The van der Waals surface area contributed by atoms with E-state index in [-0.39, 0.29) is 5.91 Å². The molecule has 1 amide bonds. The van der Waals surface area contributed by atoms with E-state index in [1.54, 1.807) is 36.4 Å². The highest BCUT2D eigenvalue weighted by Gasteiger charge is 2.08. The van der Waals surface area contributed by atoms with Crippen molar-refractivity contribution >= 4 is 40.9 Å². The van der Waals surface area contributed by atoms with Crippen molar-refractivity contribution in [2.45, 2.75) is 0 Å². The van der Waals surface area contributed by atoms with Gasteiger partial charge < -0.3 is 10.1 Å². The normalized spacial score (nSPS) is 10.7. The molecule has 3 aromatic rings. The van der Waals surface area contributed by atoms with Crippen LogP contribution >= 0.6 is 23.2 Å². The van der Waals surface area contributed by atoms with Crippen LogP contribution in [0, 0.1) is 0 Å². The van der Waals surface area contributed by atoms with Gasteiger partial charge in [-0.1, -0.05) is 53.5 Å². The van der Waals surface area contributed by atoms with Crippen LogP contribution in [0.1, 0.15) is 5.56 Å². The summed E-state index contributed by atoms with van der Waals surface area (Å²) in [4.78, 5) is 12.2. The minimum Gasteiger partial charge on any atom is -0.455 e. The second kappa shape index (κ2) is 8.56. The van der Waals surface area contributed by atoms with E-state index in [0.717, 1.165) is 5.56 Å². The molecule has 0 saturated heterocycles. The van der Waals surface area contributed by atoms with Crippen LogP contribution in [0.2, 0.25) is 10.0 Å². The molecule has 0 spiro atoms. The number of amides is 1. The fourth-order valence-electron chi connectivity index (χ4n) is 2.22. The van der Waals surface area contributed by atoms with Crippen molar-refractivity contribution in [2.75, 3.05) is 5.32 Å². The third-order valence-electron chi connectivity index (χ3n) is 3.47. The molecule has 0 aliphatic heterocycles. The van der Waals surface area contributed by atoms with Gasteiger partial charge in [0, 0.05) is 16.1 Å². The number of hydrogen-bond donors (Lipinski definition) is 1. The van der Waals surface area contributed by atoms with E-state index in [2.05, 4.69) is 5.32 Å². The molecular weight excluding hydrogens is 369 g/mol. The summed E-state index contributed by atoms with van der Waals surface area (Å²) >= 11 is 11.9. The predicted octanol–water partition coefficient (Wildman–Crippen LogP) is 6.44. The maximum atomic E-state index is 12.2. The number of rotatable bonds is 5. The first-order valence-electron chi connectivity index (χ1n) is 7.87. The van der Waals surface area contributed by atoms with Gasteiger partial charge in [-0.2, -0.15) is 0 Å². The largest absolute Gasteiger partial charge is 0.455 e. The second-order valence-corrected chi connectivity index (χ2v) is 6.30. The number of carbonyl (C=O) groups excluding carboxylic acids is 1. The molecule has 130 valence electrons. The molecule has 0 saturated carbocycles. The van der Waals surface area contributed by atoms with E-state index < -0.39 is 0 Å². The standard InChI is InChI=1S/C21H15Cl2NO2/c22-16-9-6-15(7-10-16)8-13-21(25)24-19-14-17(23)11-12-20(19)26-18-4-2-1-3-5-18/h1-14H,(H,24,25)/b13-8+. The first-order valence-corrected chi connectivity index (χ1v) is 8.63. The van der Waals surface area contributed by atoms with Crippen molar-refractivity contribution < 1.29 is 9.53 Å². The van der Waals surface area contributed by atoms with E-state index >= 15 is 0 Å². The van der Waals surface area contributed by atoms with E-state index in [0.29, 0.717) is 27.2 Å². The van der Waals surface area contributed by atoms with Crippen LogP contribution in [0.5, 0.6) is 11.5 Å². The van der Waals surface area contributed by atoms with Gasteiger partial charge in [0.15, 0.2) is 5.75 Å². The first kappa shape index (κ1) is 18.1. The molecule has 0 heterocycles. The molecule has 0 fully saturated rings. The number of nitrogens with one attached hydrogen (secondary N) is 1. The summed E-state index contributed by atoms with van der Waals surface area (Å²) < 4.78 is 5.83. The minimum atomic E-state index is -0.292. The average Bonchev–Trinajstić information content (AvgIpc) is 2.64. The molecule has 1 N–H and O–H groups in total. The highest BCUT2D eigenvalue weighted by molar-refractivity contribution is 6.31. The monoisotopic (exact) mass is 383 g/mol. The summed E-state index contributed by atoms with van der Waals surface area (Å²) in [5, 5.41) is 3.94. The molecular formula is C21H15Cl2NO2. The molecule has 3 rings (SSSR count). The Hall–Kier alpha value is -2.75. The molecule has 0 unspecified atom stereocenters. The Labute approximate surface area is 161 Å². The van der Waals surface area contributed by atoms with Crippen LogP contribution in [-0.4, -0.2) is 5.91 Å². The van der Waals surface area contributed by atoms with Crippen LogP contribution in [0.4, 0.5) is 5.69 Å². The highest BCUT2D eigenvalue weighted by Crippen LogP contribution is 2.32. The molecule has 5 heteroatoms. The molecule has 26 heavy (non-hydrogen) atoms. The van der Waals surface area contributed by atoms with E-state index in [1.165, 1.54) is 6.08 Å². The third kappa shape index (κ3) is 5.12.